The third-order valence-corrected chi connectivity index (χ3v) is 7.51. The summed E-state index contributed by atoms with van der Waals surface area (Å²) in [5, 5.41) is 4.06. The van der Waals surface area contributed by atoms with E-state index in [0.29, 0.717) is 23.8 Å². The van der Waals surface area contributed by atoms with E-state index in [1.54, 1.807) is 38.7 Å². The molecule has 0 spiro atoms. The molecule has 4 rings (SSSR count). The minimum Gasteiger partial charge on any atom is -0.496 e. The molecule has 1 amide bonds. The molecule has 158 valence electrons. The molecular formula is C22H24N2O4S2. The molecule has 3 heterocycles. The maximum Gasteiger partial charge on any atom is 0.254 e. The minimum atomic E-state index is -0.0695. The van der Waals surface area contributed by atoms with Crippen LogP contribution in [0.4, 0.5) is 0 Å². The van der Waals surface area contributed by atoms with Crippen LogP contribution in [0.1, 0.15) is 26.4 Å². The zero-order chi connectivity index (χ0) is 21.1. The lowest BCUT2D eigenvalue weighted by atomic mass is 10.1. The number of benzene rings is 1. The summed E-state index contributed by atoms with van der Waals surface area (Å²) in [7, 11) is 4.77. The molecule has 0 saturated carbocycles. The second-order valence-corrected chi connectivity index (χ2v) is 8.97. The lowest BCUT2D eigenvalue weighted by Gasteiger charge is -2.16. The van der Waals surface area contributed by atoms with Gasteiger partial charge in [-0.25, -0.2) is 0 Å². The maximum atomic E-state index is 13.3. The summed E-state index contributed by atoms with van der Waals surface area (Å²) in [5.41, 5.74) is 2.79. The molecule has 1 aliphatic heterocycles. The SMILES string of the molecule is COc1cc(OC)c(OC)cc1CNC(=O)c1c(-n2cccc2)sc2c1CCSC2. The van der Waals surface area contributed by atoms with Crippen molar-refractivity contribution in [2.45, 2.75) is 18.7 Å². The van der Waals surface area contributed by atoms with Gasteiger partial charge in [0.15, 0.2) is 11.5 Å². The van der Waals surface area contributed by atoms with Gasteiger partial charge in [-0.15, -0.1) is 11.3 Å². The third-order valence-electron chi connectivity index (χ3n) is 5.09. The van der Waals surface area contributed by atoms with Gasteiger partial charge in [-0.05, 0) is 35.9 Å². The van der Waals surface area contributed by atoms with Crippen molar-refractivity contribution in [3.8, 4) is 22.2 Å². The van der Waals surface area contributed by atoms with Crippen LogP contribution in [-0.2, 0) is 18.7 Å². The predicted octanol–water partition coefficient (Wildman–Crippen LogP) is 4.28. The van der Waals surface area contributed by atoms with Crippen LogP contribution in [0.15, 0.2) is 36.7 Å². The van der Waals surface area contributed by atoms with Gasteiger partial charge >= 0.3 is 0 Å². The van der Waals surface area contributed by atoms with Gasteiger partial charge in [0.2, 0.25) is 0 Å². The zero-order valence-electron chi connectivity index (χ0n) is 17.2. The molecule has 3 aromatic rings. The van der Waals surface area contributed by atoms with Crippen molar-refractivity contribution in [1.29, 1.82) is 0 Å². The van der Waals surface area contributed by atoms with Crippen molar-refractivity contribution in [3.63, 3.8) is 0 Å². The molecule has 6 nitrogen and oxygen atoms in total. The van der Waals surface area contributed by atoms with Crippen LogP contribution in [0, 0.1) is 0 Å². The van der Waals surface area contributed by atoms with Crippen LogP contribution in [0.5, 0.6) is 17.2 Å². The number of fused-ring (bicyclic) bond motifs is 1. The van der Waals surface area contributed by atoms with Crippen molar-refractivity contribution < 1.29 is 19.0 Å². The standard InChI is InChI=1S/C22H24N2O4S2/c1-26-16-11-18(28-3)17(27-2)10-14(16)12-23-21(25)20-15-6-9-29-13-19(15)30-22(20)24-7-4-5-8-24/h4-5,7-8,10-11H,6,9,12-13H2,1-3H3,(H,23,25). The summed E-state index contributed by atoms with van der Waals surface area (Å²) in [6.45, 7) is 0.326. The molecule has 0 aliphatic carbocycles. The van der Waals surface area contributed by atoms with Gasteiger partial charge in [0.1, 0.15) is 10.8 Å². The van der Waals surface area contributed by atoms with Gasteiger partial charge < -0.3 is 24.1 Å². The second-order valence-electron chi connectivity index (χ2n) is 6.78. The fourth-order valence-corrected chi connectivity index (χ4v) is 6.04. The quantitative estimate of drug-likeness (QED) is 0.589. The summed E-state index contributed by atoms with van der Waals surface area (Å²) >= 11 is 3.63. The number of hydrogen-bond donors (Lipinski definition) is 1. The molecule has 1 N–H and O–H groups in total. The van der Waals surface area contributed by atoms with Crippen molar-refractivity contribution in [3.05, 3.63) is 58.2 Å². The molecule has 0 unspecified atom stereocenters. The number of methoxy groups -OCH3 is 3. The molecule has 0 atom stereocenters. The average Bonchev–Trinajstić information content (AvgIpc) is 3.44. The highest BCUT2D eigenvalue weighted by Crippen LogP contribution is 2.39. The van der Waals surface area contributed by atoms with Gasteiger partial charge in [0.05, 0.1) is 26.9 Å². The number of amides is 1. The van der Waals surface area contributed by atoms with E-state index in [0.717, 1.165) is 34.1 Å². The third kappa shape index (κ3) is 3.89. The minimum absolute atomic E-state index is 0.0695. The summed E-state index contributed by atoms with van der Waals surface area (Å²) in [4.78, 5) is 14.6. The van der Waals surface area contributed by atoms with Crippen LogP contribution >= 0.6 is 23.1 Å². The van der Waals surface area contributed by atoms with Crippen molar-refractivity contribution in [2.75, 3.05) is 27.1 Å². The summed E-state index contributed by atoms with van der Waals surface area (Å²) < 4.78 is 18.3. The first-order valence-electron chi connectivity index (χ1n) is 9.59. The van der Waals surface area contributed by atoms with E-state index in [2.05, 4.69) is 5.32 Å². The number of hydrogen-bond acceptors (Lipinski definition) is 6. The van der Waals surface area contributed by atoms with Crippen LogP contribution in [0.2, 0.25) is 0 Å². The number of thiophene rings is 1. The molecular weight excluding hydrogens is 420 g/mol. The Balaban J connectivity index is 1.63. The number of nitrogens with one attached hydrogen (secondary N) is 1. The molecule has 1 aromatic carbocycles. The first-order valence-corrected chi connectivity index (χ1v) is 11.6. The maximum absolute atomic E-state index is 13.3. The topological polar surface area (TPSA) is 61.7 Å². The van der Waals surface area contributed by atoms with Gasteiger partial charge in [0.25, 0.3) is 5.91 Å². The number of thioether (sulfide) groups is 1. The number of aromatic nitrogens is 1. The molecule has 30 heavy (non-hydrogen) atoms. The fourth-order valence-electron chi connectivity index (χ4n) is 3.60. The second kappa shape index (κ2) is 9.06. The van der Waals surface area contributed by atoms with E-state index in [1.165, 1.54) is 10.4 Å². The molecule has 0 bridgehead atoms. The predicted molar refractivity (Wildman–Crippen MR) is 121 cm³/mol. The highest BCUT2D eigenvalue weighted by molar-refractivity contribution is 7.98. The lowest BCUT2D eigenvalue weighted by molar-refractivity contribution is 0.0950. The lowest BCUT2D eigenvalue weighted by Crippen LogP contribution is -2.25. The summed E-state index contributed by atoms with van der Waals surface area (Å²) in [6, 6.07) is 7.56. The van der Waals surface area contributed by atoms with Crippen LogP contribution in [-0.4, -0.2) is 37.6 Å². The van der Waals surface area contributed by atoms with Gasteiger partial charge in [-0.1, -0.05) is 0 Å². The number of carbonyl (C=O) groups excluding carboxylic acids is 1. The Hall–Kier alpha value is -2.58. The van der Waals surface area contributed by atoms with Crippen molar-refractivity contribution in [1.82, 2.24) is 9.88 Å². The molecule has 8 heteroatoms. The van der Waals surface area contributed by atoms with Gasteiger partial charge in [0, 0.05) is 41.2 Å². The molecule has 0 radical (unpaired) electrons. The molecule has 2 aromatic heterocycles. The van der Waals surface area contributed by atoms with Gasteiger partial charge in [-0.2, -0.15) is 11.8 Å². The largest absolute Gasteiger partial charge is 0.496 e. The van der Waals surface area contributed by atoms with Gasteiger partial charge in [-0.3, -0.25) is 4.79 Å². The van der Waals surface area contributed by atoms with E-state index < -0.39 is 0 Å². The van der Waals surface area contributed by atoms with E-state index in [-0.39, 0.29) is 5.91 Å². The first kappa shape index (κ1) is 20.7. The number of ether oxygens (including phenoxy) is 3. The van der Waals surface area contributed by atoms with E-state index in [4.69, 9.17) is 14.2 Å². The Kier molecular flexibility index (Phi) is 6.24. The highest BCUT2D eigenvalue weighted by atomic mass is 32.2. The Morgan fingerprint density at radius 2 is 1.77 bits per heavy atom. The normalized spacial score (nSPS) is 12.9. The molecule has 1 aliphatic rings. The molecule has 0 fully saturated rings. The van der Waals surface area contributed by atoms with E-state index in [1.807, 2.05) is 46.9 Å². The summed E-state index contributed by atoms with van der Waals surface area (Å²) in [5.74, 6) is 3.76. The Morgan fingerprint density at radius 3 is 2.47 bits per heavy atom. The zero-order valence-corrected chi connectivity index (χ0v) is 18.8. The van der Waals surface area contributed by atoms with Crippen LogP contribution < -0.4 is 19.5 Å². The highest BCUT2D eigenvalue weighted by Gasteiger charge is 2.26. The smallest absolute Gasteiger partial charge is 0.254 e. The Morgan fingerprint density at radius 1 is 1.07 bits per heavy atom. The van der Waals surface area contributed by atoms with E-state index in [9.17, 15) is 4.79 Å². The Labute approximate surface area is 184 Å². The first-order chi connectivity index (χ1) is 14.7. The van der Waals surface area contributed by atoms with Crippen molar-refractivity contribution >= 4 is 29.0 Å². The Bertz CT molecular complexity index is 1040. The molecule has 0 saturated heterocycles. The summed E-state index contributed by atoms with van der Waals surface area (Å²) in [6.07, 6.45) is 4.89. The number of rotatable bonds is 7. The monoisotopic (exact) mass is 444 g/mol. The van der Waals surface area contributed by atoms with Crippen LogP contribution in [0.3, 0.4) is 0 Å². The average molecular weight is 445 g/mol. The fraction of sp³-hybridized carbons (Fsp3) is 0.318. The van der Waals surface area contributed by atoms with Crippen LogP contribution in [0.25, 0.3) is 5.00 Å². The number of carbonyl (C=O) groups is 1. The van der Waals surface area contributed by atoms with E-state index >= 15 is 0 Å². The van der Waals surface area contributed by atoms with Crippen molar-refractivity contribution in [2.24, 2.45) is 0 Å². The number of nitrogens with zero attached hydrogens (tertiary/aromatic N) is 1.